The summed E-state index contributed by atoms with van der Waals surface area (Å²) in [7, 11) is -2.48. The van der Waals surface area contributed by atoms with Crippen molar-refractivity contribution in [2.75, 3.05) is 24.2 Å². The standard InChI is InChI=1S/C26H25Cl4N3O4S/c1-31-26(35)24(13-17-7-4-3-5-8-17)32(15-19-20(27)9-6-10-21(19)28)25(34)16-33(38(2,36)37)18-11-12-22(29)23(30)14-18/h3-12,14,24H,13,15-16H2,1-2H3,(H,31,35)/t24-/m1/s1. The van der Waals surface area contributed by atoms with Gasteiger partial charge in [-0.05, 0) is 35.9 Å². The molecule has 202 valence electrons. The molecule has 0 aromatic heterocycles. The second-order valence-corrected chi connectivity index (χ2v) is 11.9. The lowest BCUT2D eigenvalue weighted by atomic mass is 10.0. The highest BCUT2D eigenvalue weighted by Crippen LogP contribution is 2.30. The Morgan fingerprint density at radius 3 is 2.05 bits per heavy atom. The summed E-state index contributed by atoms with van der Waals surface area (Å²) in [5.41, 5.74) is 1.37. The molecule has 0 aliphatic carbocycles. The summed E-state index contributed by atoms with van der Waals surface area (Å²) in [5.74, 6) is -1.09. The Morgan fingerprint density at radius 1 is 0.868 bits per heavy atom. The molecule has 0 unspecified atom stereocenters. The Bertz CT molecular complexity index is 1400. The number of nitrogens with zero attached hydrogens (tertiary/aromatic N) is 2. The van der Waals surface area contributed by atoms with E-state index in [0.717, 1.165) is 16.1 Å². The van der Waals surface area contributed by atoms with Gasteiger partial charge in [-0.3, -0.25) is 13.9 Å². The minimum absolute atomic E-state index is 0.122. The van der Waals surface area contributed by atoms with Gasteiger partial charge in [0.15, 0.2) is 0 Å². The predicted molar refractivity (Wildman–Crippen MR) is 154 cm³/mol. The molecule has 38 heavy (non-hydrogen) atoms. The summed E-state index contributed by atoms with van der Waals surface area (Å²) in [6, 6.07) is 17.3. The van der Waals surface area contributed by atoms with Gasteiger partial charge in [0.25, 0.3) is 0 Å². The largest absolute Gasteiger partial charge is 0.357 e. The second kappa shape index (κ2) is 13.0. The first kappa shape index (κ1) is 30.1. The number of halogens is 4. The molecular formula is C26H25Cl4N3O4S. The molecule has 1 atom stereocenters. The van der Waals surface area contributed by atoms with Gasteiger partial charge in [0.05, 0.1) is 22.0 Å². The van der Waals surface area contributed by atoms with Crippen LogP contribution in [0.25, 0.3) is 0 Å². The van der Waals surface area contributed by atoms with Crippen LogP contribution in [0, 0.1) is 0 Å². The highest BCUT2D eigenvalue weighted by Gasteiger charge is 2.33. The number of amides is 2. The van der Waals surface area contributed by atoms with E-state index < -0.39 is 34.4 Å². The number of rotatable bonds is 10. The summed E-state index contributed by atoms with van der Waals surface area (Å²) in [6.07, 6.45) is 1.14. The van der Waals surface area contributed by atoms with Crippen molar-refractivity contribution in [2.24, 2.45) is 0 Å². The van der Waals surface area contributed by atoms with Crippen LogP contribution in [0.15, 0.2) is 66.7 Å². The molecule has 0 bridgehead atoms. The van der Waals surface area contributed by atoms with Crippen molar-refractivity contribution in [2.45, 2.75) is 19.0 Å². The van der Waals surface area contributed by atoms with Gasteiger partial charge in [0.1, 0.15) is 12.6 Å². The van der Waals surface area contributed by atoms with E-state index in [1.165, 1.54) is 30.1 Å². The first-order valence-corrected chi connectivity index (χ1v) is 14.7. The molecule has 0 spiro atoms. The normalized spacial score (nSPS) is 12.1. The van der Waals surface area contributed by atoms with E-state index in [1.807, 2.05) is 30.3 Å². The van der Waals surface area contributed by atoms with Crippen molar-refractivity contribution in [3.05, 3.63) is 97.9 Å². The van der Waals surface area contributed by atoms with E-state index in [4.69, 9.17) is 46.4 Å². The van der Waals surface area contributed by atoms with E-state index >= 15 is 0 Å². The summed E-state index contributed by atoms with van der Waals surface area (Å²) in [6.45, 7) is -0.748. The first-order chi connectivity index (χ1) is 17.9. The highest BCUT2D eigenvalue weighted by molar-refractivity contribution is 7.92. The van der Waals surface area contributed by atoms with E-state index in [-0.39, 0.29) is 28.7 Å². The molecule has 3 aromatic rings. The van der Waals surface area contributed by atoms with Crippen molar-refractivity contribution in [3.63, 3.8) is 0 Å². The van der Waals surface area contributed by atoms with Crippen molar-refractivity contribution in [1.82, 2.24) is 10.2 Å². The lowest BCUT2D eigenvalue weighted by Crippen LogP contribution is -2.53. The molecule has 3 rings (SSSR count). The van der Waals surface area contributed by atoms with Gasteiger partial charge in [-0.2, -0.15) is 0 Å². The van der Waals surface area contributed by atoms with Crippen molar-refractivity contribution in [1.29, 1.82) is 0 Å². The van der Waals surface area contributed by atoms with Crippen LogP contribution in [-0.4, -0.2) is 51.0 Å². The van der Waals surface area contributed by atoms with Crippen LogP contribution in [0.2, 0.25) is 20.1 Å². The zero-order chi connectivity index (χ0) is 28.0. The third kappa shape index (κ3) is 7.55. The van der Waals surface area contributed by atoms with E-state index in [1.54, 1.807) is 18.2 Å². The highest BCUT2D eigenvalue weighted by atomic mass is 35.5. The zero-order valence-electron chi connectivity index (χ0n) is 20.5. The quantitative estimate of drug-likeness (QED) is 0.328. The Morgan fingerprint density at radius 2 is 1.50 bits per heavy atom. The number of hydrogen-bond acceptors (Lipinski definition) is 4. The Balaban J connectivity index is 2.08. The number of benzene rings is 3. The number of nitrogens with one attached hydrogen (secondary N) is 1. The fourth-order valence-corrected chi connectivity index (χ4v) is 5.48. The van der Waals surface area contributed by atoms with Crippen LogP contribution in [0.1, 0.15) is 11.1 Å². The molecule has 0 saturated heterocycles. The number of carbonyl (C=O) groups excluding carboxylic acids is 2. The summed E-state index contributed by atoms with van der Waals surface area (Å²) in [4.78, 5) is 28.3. The Hall–Kier alpha value is -2.49. The van der Waals surface area contributed by atoms with Crippen molar-refractivity contribution in [3.8, 4) is 0 Å². The average Bonchev–Trinajstić information content (AvgIpc) is 2.87. The molecule has 0 fully saturated rings. The molecule has 2 amide bonds. The van der Waals surface area contributed by atoms with Gasteiger partial charge < -0.3 is 10.2 Å². The lowest BCUT2D eigenvalue weighted by molar-refractivity contribution is -0.139. The van der Waals surface area contributed by atoms with E-state index in [2.05, 4.69) is 5.32 Å². The van der Waals surface area contributed by atoms with Gasteiger partial charge in [-0.1, -0.05) is 82.8 Å². The van der Waals surface area contributed by atoms with Crippen LogP contribution in [0.5, 0.6) is 0 Å². The maximum Gasteiger partial charge on any atom is 0.244 e. The number of carbonyl (C=O) groups is 2. The van der Waals surface area contributed by atoms with E-state index in [9.17, 15) is 18.0 Å². The molecule has 0 radical (unpaired) electrons. The molecule has 12 heteroatoms. The van der Waals surface area contributed by atoms with Crippen LogP contribution in [0.3, 0.4) is 0 Å². The van der Waals surface area contributed by atoms with Gasteiger partial charge in [0, 0.05) is 35.6 Å². The van der Waals surface area contributed by atoms with Gasteiger partial charge in [-0.15, -0.1) is 0 Å². The maximum atomic E-state index is 13.9. The van der Waals surface area contributed by atoms with Crippen LogP contribution in [-0.2, 0) is 32.6 Å². The number of anilines is 1. The molecule has 0 aliphatic rings. The summed E-state index contributed by atoms with van der Waals surface area (Å²) >= 11 is 24.9. The van der Waals surface area contributed by atoms with E-state index in [0.29, 0.717) is 15.6 Å². The third-order valence-corrected chi connectivity index (χ3v) is 8.37. The number of sulfonamides is 1. The molecular weight excluding hydrogens is 592 g/mol. The first-order valence-electron chi connectivity index (χ1n) is 11.3. The number of hydrogen-bond donors (Lipinski definition) is 1. The molecule has 0 aliphatic heterocycles. The zero-order valence-corrected chi connectivity index (χ0v) is 24.3. The van der Waals surface area contributed by atoms with Crippen LogP contribution >= 0.6 is 46.4 Å². The summed E-state index contributed by atoms with van der Waals surface area (Å²) < 4.78 is 26.4. The second-order valence-electron chi connectivity index (χ2n) is 8.41. The SMILES string of the molecule is CNC(=O)[C@@H](Cc1ccccc1)N(Cc1c(Cl)cccc1Cl)C(=O)CN(c1ccc(Cl)c(Cl)c1)S(C)(=O)=O. The number of likely N-dealkylation sites (N-methyl/N-ethyl adjacent to an activating group) is 1. The van der Waals surface area contributed by atoms with Crippen molar-refractivity contribution >= 4 is 73.9 Å². The minimum atomic E-state index is -3.94. The summed E-state index contributed by atoms with van der Waals surface area (Å²) in [5, 5.41) is 3.56. The van der Waals surface area contributed by atoms with Crippen molar-refractivity contribution < 1.29 is 18.0 Å². The fourth-order valence-electron chi connectivity index (χ4n) is 3.83. The van der Waals surface area contributed by atoms with Gasteiger partial charge in [-0.25, -0.2) is 8.42 Å². The van der Waals surface area contributed by atoms with Crippen LogP contribution in [0.4, 0.5) is 5.69 Å². The molecule has 3 aromatic carbocycles. The van der Waals surface area contributed by atoms with Gasteiger partial charge >= 0.3 is 0 Å². The maximum absolute atomic E-state index is 13.9. The minimum Gasteiger partial charge on any atom is -0.357 e. The molecule has 0 saturated carbocycles. The lowest BCUT2D eigenvalue weighted by Gasteiger charge is -2.33. The fraction of sp³-hybridized carbons (Fsp3) is 0.231. The monoisotopic (exact) mass is 615 g/mol. The smallest absolute Gasteiger partial charge is 0.244 e. The molecule has 7 nitrogen and oxygen atoms in total. The Labute approximate surface area is 242 Å². The molecule has 0 heterocycles. The third-order valence-electron chi connectivity index (χ3n) is 5.78. The Kier molecular flexibility index (Phi) is 10.3. The van der Waals surface area contributed by atoms with Gasteiger partial charge in [0.2, 0.25) is 21.8 Å². The van der Waals surface area contributed by atoms with Crippen LogP contribution < -0.4 is 9.62 Å². The predicted octanol–water partition coefficient (Wildman–Crippen LogP) is 5.45. The average molecular weight is 617 g/mol. The molecule has 1 N–H and O–H groups in total. The topological polar surface area (TPSA) is 86.8 Å².